The molecule has 1 aromatic heterocycles. The first-order valence-electron chi connectivity index (χ1n) is 13.7. The number of nitro groups is 1. The highest BCUT2D eigenvalue weighted by atomic mass is 32.1. The van der Waals surface area contributed by atoms with Crippen molar-refractivity contribution in [1.82, 2.24) is 4.57 Å². The van der Waals surface area contributed by atoms with E-state index in [1.165, 1.54) is 41.2 Å². The molecule has 0 unspecified atom stereocenters. The van der Waals surface area contributed by atoms with Crippen LogP contribution in [0.5, 0.6) is 5.75 Å². The lowest BCUT2D eigenvalue weighted by Gasteiger charge is -2.30. The van der Waals surface area contributed by atoms with Gasteiger partial charge in [0.15, 0.2) is 4.80 Å². The minimum absolute atomic E-state index is 0.0812. The highest BCUT2D eigenvalue weighted by molar-refractivity contribution is 7.07. The first-order chi connectivity index (χ1) is 21.0. The zero-order valence-corrected chi connectivity index (χ0v) is 23.5. The summed E-state index contributed by atoms with van der Waals surface area (Å²) in [6, 6.07) is 30.3. The summed E-state index contributed by atoms with van der Waals surface area (Å²) < 4.78 is 7.78. The number of allylic oxidation sites excluding steroid dienone is 1. The number of carbonyl (C=O) groups is 1. The molecule has 1 atom stereocenters. The summed E-state index contributed by atoms with van der Waals surface area (Å²) in [5.41, 5.74) is 6.09. The van der Waals surface area contributed by atoms with Gasteiger partial charge in [0, 0.05) is 17.7 Å². The van der Waals surface area contributed by atoms with Crippen molar-refractivity contribution >= 4 is 34.8 Å². The lowest BCUT2D eigenvalue weighted by Crippen LogP contribution is -2.38. The van der Waals surface area contributed by atoms with Crippen molar-refractivity contribution in [2.45, 2.75) is 18.9 Å². The fraction of sp³-hybridized carbons (Fsp3) is 0.0882. The number of non-ortho nitro benzene ring substituents is 1. The Morgan fingerprint density at radius 1 is 0.953 bits per heavy atom. The van der Waals surface area contributed by atoms with Gasteiger partial charge >= 0.3 is 5.97 Å². The van der Waals surface area contributed by atoms with E-state index in [1.807, 2.05) is 34.9 Å². The summed E-state index contributed by atoms with van der Waals surface area (Å²) in [6.45, 7) is 0. The molecule has 0 spiro atoms. The van der Waals surface area contributed by atoms with E-state index in [2.05, 4.69) is 30.3 Å². The minimum Gasteiger partial charge on any atom is -0.423 e. The van der Waals surface area contributed by atoms with Crippen molar-refractivity contribution in [2.24, 2.45) is 4.99 Å². The summed E-state index contributed by atoms with van der Waals surface area (Å²) >= 11 is 1.36. The molecule has 0 fully saturated rings. The topological polar surface area (TPSA) is 104 Å². The molecule has 0 bridgehead atoms. The van der Waals surface area contributed by atoms with Crippen molar-refractivity contribution in [2.75, 3.05) is 0 Å². The third kappa shape index (κ3) is 4.89. The molecule has 43 heavy (non-hydrogen) atoms. The van der Waals surface area contributed by atoms with Crippen LogP contribution in [0.1, 0.15) is 45.1 Å². The highest BCUT2D eigenvalue weighted by Crippen LogP contribution is 2.41. The van der Waals surface area contributed by atoms with Gasteiger partial charge in [0.05, 0.1) is 26.8 Å². The van der Waals surface area contributed by atoms with E-state index in [9.17, 15) is 19.7 Å². The van der Waals surface area contributed by atoms with Crippen LogP contribution in [-0.2, 0) is 6.42 Å². The van der Waals surface area contributed by atoms with Crippen molar-refractivity contribution < 1.29 is 14.5 Å². The number of ether oxygens (including phenoxy) is 1. The van der Waals surface area contributed by atoms with E-state index < -0.39 is 10.9 Å². The number of benzene rings is 4. The number of aromatic nitrogens is 1. The molecule has 9 heteroatoms. The summed E-state index contributed by atoms with van der Waals surface area (Å²) in [4.78, 5) is 42.6. The van der Waals surface area contributed by atoms with Gasteiger partial charge in [-0.1, -0.05) is 84.1 Å². The third-order valence-corrected chi connectivity index (χ3v) is 8.65. The summed E-state index contributed by atoms with van der Waals surface area (Å²) in [7, 11) is 0. The maximum absolute atomic E-state index is 13.9. The Hall–Kier alpha value is -5.41. The van der Waals surface area contributed by atoms with Gasteiger partial charge in [0.1, 0.15) is 5.75 Å². The molecule has 7 rings (SSSR count). The zero-order valence-electron chi connectivity index (χ0n) is 22.7. The Bertz CT molecular complexity index is 2130. The van der Waals surface area contributed by atoms with Crippen LogP contribution in [0.3, 0.4) is 0 Å². The summed E-state index contributed by atoms with van der Waals surface area (Å²) in [5, 5.41) is 11.0. The number of carbonyl (C=O) groups excluding carboxylic acids is 1. The van der Waals surface area contributed by atoms with Crippen LogP contribution < -0.4 is 19.6 Å². The van der Waals surface area contributed by atoms with Crippen molar-refractivity contribution in [3.05, 3.63) is 166 Å². The first kappa shape index (κ1) is 26.5. The number of hydrogen-bond acceptors (Lipinski definition) is 7. The van der Waals surface area contributed by atoms with E-state index in [0.717, 1.165) is 40.8 Å². The SMILES string of the molecule is O=C(Oc1ccc(/C=c2/sc3n(c2=O)[C@H](c2ccccc2)C2=C(N=3)c3ccccc3CC2)cc1)c1cccc([N+](=O)[O-])c1. The fourth-order valence-electron chi connectivity index (χ4n) is 5.65. The number of thiazole rings is 1. The van der Waals surface area contributed by atoms with Gasteiger partial charge in [-0.2, -0.15) is 0 Å². The Morgan fingerprint density at radius 2 is 1.72 bits per heavy atom. The molecule has 0 amide bonds. The van der Waals surface area contributed by atoms with Gasteiger partial charge < -0.3 is 4.74 Å². The lowest BCUT2D eigenvalue weighted by atomic mass is 9.83. The molecular weight excluding hydrogens is 562 g/mol. The molecule has 1 aliphatic heterocycles. The Kier molecular flexibility index (Phi) is 6.64. The molecule has 5 aromatic rings. The molecule has 0 saturated heterocycles. The predicted molar refractivity (Wildman–Crippen MR) is 164 cm³/mol. The smallest absolute Gasteiger partial charge is 0.343 e. The van der Waals surface area contributed by atoms with Gasteiger partial charge in [-0.25, -0.2) is 9.79 Å². The van der Waals surface area contributed by atoms with Crippen LogP contribution in [0.2, 0.25) is 0 Å². The molecule has 0 N–H and O–H groups in total. The van der Waals surface area contributed by atoms with E-state index in [1.54, 1.807) is 24.3 Å². The fourth-order valence-corrected chi connectivity index (χ4v) is 6.65. The summed E-state index contributed by atoms with van der Waals surface area (Å²) in [5.74, 6) is -0.415. The van der Waals surface area contributed by atoms with Gasteiger partial charge in [-0.15, -0.1) is 0 Å². The first-order valence-corrected chi connectivity index (χ1v) is 14.5. The largest absolute Gasteiger partial charge is 0.423 e. The second kappa shape index (κ2) is 10.8. The minimum atomic E-state index is -0.698. The van der Waals surface area contributed by atoms with Crippen LogP contribution >= 0.6 is 11.3 Å². The van der Waals surface area contributed by atoms with E-state index in [4.69, 9.17) is 9.73 Å². The van der Waals surface area contributed by atoms with Gasteiger partial charge in [-0.3, -0.25) is 19.5 Å². The number of rotatable bonds is 5. The Balaban J connectivity index is 1.24. The number of esters is 1. The second-order valence-electron chi connectivity index (χ2n) is 10.3. The molecular formula is C34H23N3O5S. The Morgan fingerprint density at radius 3 is 2.51 bits per heavy atom. The van der Waals surface area contributed by atoms with Gasteiger partial charge in [-0.05, 0) is 59.4 Å². The predicted octanol–water partition coefficient (Wildman–Crippen LogP) is 5.45. The lowest BCUT2D eigenvalue weighted by molar-refractivity contribution is -0.384. The van der Waals surface area contributed by atoms with Gasteiger partial charge in [0.2, 0.25) is 0 Å². The van der Waals surface area contributed by atoms with Crippen LogP contribution in [0, 0.1) is 10.1 Å². The zero-order chi connectivity index (χ0) is 29.5. The van der Waals surface area contributed by atoms with Gasteiger partial charge in [0.25, 0.3) is 11.2 Å². The standard InChI is InChI=1S/C34H23N3O5S/c38-32-29(19-21-13-16-26(17-14-21)42-33(39)24-10-6-11-25(20-24)37(40)41)43-34-35-30-27-12-5-4-7-22(27)15-18-28(30)31(36(32)34)23-8-2-1-3-9-23/h1-14,16-17,19-20,31H,15,18H2/b29-19+/t31-/m1/s1. The number of fused-ring (bicyclic) bond motifs is 3. The average molecular weight is 586 g/mol. The van der Waals surface area contributed by atoms with Crippen LogP contribution in [-0.4, -0.2) is 15.5 Å². The monoisotopic (exact) mass is 585 g/mol. The highest BCUT2D eigenvalue weighted by Gasteiger charge is 2.32. The molecule has 0 saturated carbocycles. The van der Waals surface area contributed by atoms with Crippen molar-refractivity contribution in [3.63, 3.8) is 0 Å². The third-order valence-electron chi connectivity index (χ3n) is 7.67. The number of nitrogens with zero attached hydrogens (tertiary/aromatic N) is 3. The van der Waals surface area contributed by atoms with Crippen molar-refractivity contribution in [3.8, 4) is 5.75 Å². The van der Waals surface area contributed by atoms with E-state index in [-0.39, 0.29) is 28.6 Å². The van der Waals surface area contributed by atoms with E-state index in [0.29, 0.717) is 9.33 Å². The molecule has 1 aliphatic carbocycles. The van der Waals surface area contributed by atoms with E-state index >= 15 is 0 Å². The molecule has 2 heterocycles. The van der Waals surface area contributed by atoms with Crippen LogP contribution in [0.25, 0.3) is 11.8 Å². The number of aryl methyl sites for hydroxylation is 1. The van der Waals surface area contributed by atoms with Crippen molar-refractivity contribution in [1.29, 1.82) is 0 Å². The molecule has 2 aliphatic rings. The molecule has 4 aromatic carbocycles. The maximum Gasteiger partial charge on any atom is 0.343 e. The molecule has 210 valence electrons. The molecule has 8 nitrogen and oxygen atoms in total. The quantitative estimate of drug-likeness (QED) is 0.118. The average Bonchev–Trinajstić information content (AvgIpc) is 3.35. The van der Waals surface area contributed by atoms with Crippen LogP contribution in [0.15, 0.2) is 118 Å². The van der Waals surface area contributed by atoms with Crippen LogP contribution in [0.4, 0.5) is 5.69 Å². The number of hydrogen-bond donors (Lipinski definition) is 0. The molecule has 0 radical (unpaired) electrons. The summed E-state index contributed by atoms with van der Waals surface area (Å²) in [6.07, 6.45) is 3.54. The Labute approximate surface area is 249 Å². The number of nitro benzene ring substituents is 1. The second-order valence-corrected chi connectivity index (χ2v) is 11.3. The normalized spacial score (nSPS) is 15.6. The maximum atomic E-state index is 13.9.